The summed E-state index contributed by atoms with van der Waals surface area (Å²) < 4.78 is 9.24. The van der Waals surface area contributed by atoms with Crippen molar-refractivity contribution in [3.63, 3.8) is 0 Å². The van der Waals surface area contributed by atoms with Gasteiger partial charge in [-0.3, -0.25) is 19.2 Å². The SMILES string of the molecule is COC(=O)[C@@]12CC[C@@](C(=O)OC)(CC1=O)C(=O)C2. The van der Waals surface area contributed by atoms with E-state index in [4.69, 9.17) is 0 Å². The highest BCUT2D eigenvalue weighted by molar-refractivity contribution is 6.19. The van der Waals surface area contributed by atoms with Gasteiger partial charge in [-0.15, -0.1) is 0 Å². The molecule has 0 saturated heterocycles. The fraction of sp³-hybridized carbons (Fsp3) is 0.667. The molecule has 0 radical (unpaired) electrons. The predicted octanol–water partition coefficient (Wildman–Crippen LogP) is 0.0310. The number of hydrogen-bond donors (Lipinski definition) is 0. The number of hydrogen-bond acceptors (Lipinski definition) is 6. The lowest BCUT2D eigenvalue weighted by Crippen LogP contribution is -2.60. The third-order valence-corrected chi connectivity index (χ3v) is 4.12. The minimum absolute atomic E-state index is 0.166. The molecule has 3 saturated carbocycles. The standard InChI is InChI=1S/C12H14O6/c1-17-9(15)11-3-4-12(6-7(11)13,8(14)5-11)10(16)18-2/h3-6H2,1-2H3/t11-,12-/m1/s1. The van der Waals surface area contributed by atoms with Crippen LogP contribution in [0.3, 0.4) is 0 Å². The molecule has 98 valence electrons. The van der Waals surface area contributed by atoms with Crippen LogP contribution < -0.4 is 0 Å². The highest BCUT2D eigenvalue weighted by atomic mass is 16.5. The van der Waals surface area contributed by atoms with Crippen molar-refractivity contribution in [1.82, 2.24) is 0 Å². The highest BCUT2D eigenvalue weighted by Gasteiger charge is 2.66. The van der Waals surface area contributed by atoms with Crippen molar-refractivity contribution in [3.8, 4) is 0 Å². The number of Topliss-reactive ketones (excluding diaryl/α,β-unsaturated/α-hetero) is 2. The molecular weight excluding hydrogens is 240 g/mol. The number of fused-ring (bicyclic) bond motifs is 3. The first-order valence-electron chi connectivity index (χ1n) is 5.66. The second-order valence-corrected chi connectivity index (χ2v) is 4.85. The minimum atomic E-state index is -1.37. The first kappa shape index (κ1) is 12.7. The third kappa shape index (κ3) is 1.34. The molecule has 0 aromatic rings. The van der Waals surface area contributed by atoms with Crippen LogP contribution in [0.15, 0.2) is 0 Å². The molecule has 2 bridgehead atoms. The van der Waals surface area contributed by atoms with Gasteiger partial charge < -0.3 is 9.47 Å². The van der Waals surface area contributed by atoms with Crippen molar-refractivity contribution in [2.24, 2.45) is 10.8 Å². The van der Waals surface area contributed by atoms with Gasteiger partial charge in [-0.2, -0.15) is 0 Å². The van der Waals surface area contributed by atoms with Gasteiger partial charge in [0.05, 0.1) is 14.2 Å². The van der Waals surface area contributed by atoms with E-state index in [2.05, 4.69) is 9.47 Å². The van der Waals surface area contributed by atoms with Crippen LogP contribution in [0.25, 0.3) is 0 Å². The summed E-state index contributed by atoms with van der Waals surface area (Å²) in [7, 11) is 2.37. The molecule has 6 heteroatoms. The van der Waals surface area contributed by atoms with Gasteiger partial charge in [0.2, 0.25) is 0 Å². The third-order valence-electron chi connectivity index (χ3n) is 4.12. The van der Waals surface area contributed by atoms with E-state index in [1.807, 2.05) is 0 Å². The Balaban J connectivity index is 2.40. The minimum Gasteiger partial charge on any atom is -0.468 e. The number of esters is 2. The van der Waals surface area contributed by atoms with Gasteiger partial charge in [-0.1, -0.05) is 0 Å². The van der Waals surface area contributed by atoms with E-state index in [0.717, 1.165) is 0 Å². The summed E-state index contributed by atoms with van der Waals surface area (Å²) in [6.07, 6.45) is -0.181. The summed E-state index contributed by atoms with van der Waals surface area (Å²) in [5.74, 6) is -2.16. The van der Waals surface area contributed by atoms with Crippen molar-refractivity contribution in [1.29, 1.82) is 0 Å². The fourth-order valence-corrected chi connectivity index (χ4v) is 2.93. The average molecular weight is 254 g/mol. The van der Waals surface area contributed by atoms with Gasteiger partial charge in [0.1, 0.15) is 10.8 Å². The van der Waals surface area contributed by atoms with Crippen LogP contribution in [0.2, 0.25) is 0 Å². The van der Waals surface area contributed by atoms with Crippen molar-refractivity contribution < 1.29 is 28.7 Å². The molecule has 0 unspecified atom stereocenters. The van der Waals surface area contributed by atoms with Gasteiger partial charge in [-0.05, 0) is 12.8 Å². The molecule has 0 aliphatic heterocycles. The Morgan fingerprint density at radius 3 is 1.44 bits per heavy atom. The largest absolute Gasteiger partial charge is 0.468 e. The second kappa shape index (κ2) is 3.90. The van der Waals surface area contributed by atoms with E-state index in [1.54, 1.807) is 0 Å². The molecule has 0 aromatic heterocycles. The molecule has 0 N–H and O–H groups in total. The lowest BCUT2D eigenvalue weighted by molar-refractivity contribution is -0.182. The number of ether oxygens (including phenoxy) is 2. The lowest BCUT2D eigenvalue weighted by atomic mass is 9.52. The molecule has 3 aliphatic rings. The fourth-order valence-electron chi connectivity index (χ4n) is 2.93. The Morgan fingerprint density at radius 1 is 0.889 bits per heavy atom. The zero-order valence-corrected chi connectivity index (χ0v) is 10.3. The van der Waals surface area contributed by atoms with Gasteiger partial charge in [-0.25, -0.2) is 0 Å². The molecule has 2 atom stereocenters. The average Bonchev–Trinajstić information content (AvgIpc) is 2.38. The number of ketones is 2. The van der Waals surface area contributed by atoms with Gasteiger partial charge >= 0.3 is 11.9 Å². The summed E-state index contributed by atoms with van der Waals surface area (Å²) >= 11 is 0. The van der Waals surface area contributed by atoms with Crippen LogP contribution in [0.4, 0.5) is 0 Å². The van der Waals surface area contributed by atoms with Crippen LogP contribution in [0.1, 0.15) is 25.7 Å². The Labute approximate surface area is 104 Å². The Morgan fingerprint density at radius 2 is 1.22 bits per heavy atom. The van der Waals surface area contributed by atoms with Crippen molar-refractivity contribution in [3.05, 3.63) is 0 Å². The maximum atomic E-state index is 12.1. The summed E-state index contributed by atoms with van der Waals surface area (Å²) in [5.41, 5.74) is -2.75. The van der Waals surface area contributed by atoms with Gasteiger partial charge in [0.25, 0.3) is 0 Å². The Bertz CT molecular complexity index is 411. The molecule has 3 aliphatic carbocycles. The molecule has 0 aromatic carbocycles. The predicted molar refractivity (Wildman–Crippen MR) is 57.4 cm³/mol. The van der Waals surface area contributed by atoms with E-state index >= 15 is 0 Å². The second-order valence-electron chi connectivity index (χ2n) is 4.85. The van der Waals surface area contributed by atoms with Crippen LogP contribution in [0.5, 0.6) is 0 Å². The van der Waals surface area contributed by atoms with E-state index in [9.17, 15) is 19.2 Å². The maximum Gasteiger partial charge on any atom is 0.319 e. The van der Waals surface area contributed by atoms with Crippen molar-refractivity contribution in [2.45, 2.75) is 25.7 Å². The van der Waals surface area contributed by atoms with Crippen LogP contribution in [-0.4, -0.2) is 37.7 Å². The molecule has 6 nitrogen and oxygen atoms in total. The first-order chi connectivity index (χ1) is 8.43. The van der Waals surface area contributed by atoms with Crippen LogP contribution in [-0.2, 0) is 28.7 Å². The number of rotatable bonds is 2. The van der Waals surface area contributed by atoms with Crippen LogP contribution in [0, 0.1) is 10.8 Å². The quantitative estimate of drug-likeness (QED) is 0.510. The normalized spacial score (nSPS) is 34.3. The molecule has 3 rings (SSSR count). The molecule has 3 fully saturated rings. The summed E-state index contributed by atoms with van der Waals surface area (Å²) in [4.78, 5) is 47.6. The summed E-state index contributed by atoms with van der Waals surface area (Å²) in [6.45, 7) is 0. The number of carbonyl (C=O) groups is 4. The Hall–Kier alpha value is -1.72. The van der Waals surface area contributed by atoms with Crippen LogP contribution >= 0.6 is 0 Å². The molecule has 0 spiro atoms. The van der Waals surface area contributed by atoms with Crippen molar-refractivity contribution in [2.75, 3.05) is 14.2 Å². The van der Waals surface area contributed by atoms with Gasteiger partial charge in [0.15, 0.2) is 11.6 Å². The number of carbonyl (C=O) groups excluding carboxylic acids is 4. The number of methoxy groups -OCH3 is 2. The molecule has 18 heavy (non-hydrogen) atoms. The lowest BCUT2D eigenvalue weighted by Gasteiger charge is -2.46. The summed E-state index contributed by atoms with van der Waals surface area (Å²) in [5, 5.41) is 0. The highest BCUT2D eigenvalue weighted by Crippen LogP contribution is 2.53. The first-order valence-corrected chi connectivity index (χ1v) is 5.66. The maximum absolute atomic E-state index is 12.1. The van der Waals surface area contributed by atoms with E-state index in [1.165, 1.54) is 14.2 Å². The molecular formula is C12H14O6. The zero-order valence-electron chi connectivity index (χ0n) is 10.3. The monoisotopic (exact) mass is 254 g/mol. The van der Waals surface area contributed by atoms with Gasteiger partial charge in [0, 0.05) is 12.8 Å². The van der Waals surface area contributed by atoms with E-state index in [0.29, 0.717) is 0 Å². The summed E-state index contributed by atoms with van der Waals surface area (Å²) in [6, 6.07) is 0. The topological polar surface area (TPSA) is 86.7 Å². The van der Waals surface area contributed by atoms with E-state index < -0.39 is 34.3 Å². The molecule has 0 heterocycles. The van der Waals surface area contributed by atoms with Crippen molar-refractivity contribution >= 4 is 23.5 Å². The van der Waals surface area contributed by atoms with E-state index in [-0.39, 0.29) is 25.7 Å². The Kier molecular flexibility index (Phi) is 2.76. The smallest absolute Gasteiger partial charge is 0.319 e. The zero-order chi connectivity index (χ0) is 13.6. The molecule has 0 amide bonds.